The van der Waals surface area contributed by atoms with Crippen LogP contribution >= 0.6 is 0 Å². The van der Waals surface area contributed by atoms with Crippen molar-refractivity contribution in [3.05, 3.63) is 0 Å². The zero-order valence-corrected chi connectivity index (χ0v) is 40.2. The summed E-state index contributed by atoms with van der Waals surface area (Å²) in [5.41, 5.74) is 0. The van der Waals surface area contributed by atoms with Gasteiger partial charge in [0.15, 0.2) is 6.10 Å². The summed E-state index contributed by atoms with van der Waals surface area (Å²) in [6.45, 7) is 8.97. The monoisotopic (exact) mass is 835 g/mol. The Balaban J connectivity index is 4.08. The van der Waals surface area contributed by atoms with Crippen LogP contribution in [0.2, 0.25) is 0 Å². The SMILES string of the molecule is CCCCCCCCCCCCCCCCCCCC(=O)OC[C@@H](COC(=O)CCCCCCC)OC(=O)CCCCCCCCCCCCCCCCCCC(C)C. The van der Waals surface area contributed by atoms with E-state index >= 15 is 0 Å². The minimum atomic E-state index is -0.759. The van der Waals surface area contributed by atoms with Gasteiger partial charge < -0.3 is 14.2 Å². The van der Waals surface area contributed by atoms with Crippen LogP contribution in [0.4, 0.5) is 0 Å². The van der Waals surface area contributed by atoms with E-state index in [1.807, 2.05) is 0 Å². The zero-order chi connectivity index (χ0) is 43.1. The number of carbonyl (C=O) groups is 3. The molecule has 0 rings (SSSR count). The summed E-state index contributed by atoms with van der Waals surface area (Å²) in [4.78, 5) is 37.7. The molecular weight excluding hydrogens is 733 g/mol. The van der Waals surface area contributed by atoms with Crippen molar-refractivity contribution >= 4 is 17.9 Å². The lowest BCUT2D eigenvalue weighted by molar-refractivity contribution is -0.167. The average Bonchev–Trinajstić information content (AvgIpc) is 3.22. The highest BCUT2D eigenvalue weighted by atomic mass is 16.6. The molecule has 59 heavy (non-hydrogen) atoms. The summed E-state index contributed by atoms with van der Waals surface area (Å²) < 4.78 is 16.7. The minimum Gasteiger partial charge on any atom is -0.462 e. The van der Waals surface area contributed by atoms with Crippen molar-refractivity contribution in [3.63, 3.8) is 0 Å². The van der Waals surface area contributed by atoms with Crippen molar-refractivity contribution < 1.29 is 28.6 Å². The van der Waals surface area contributed by atoms with E-state index < -0.39 is 6.10 Å². The lowest BCUT2D eigenvalue weighted by Gasteiger charge is -2.18. The lowest BCUT2D eigenvalue weighted by atomic mass is 10.0. The third-order valence-corrected chi connectivity index (χ3v) is 12.0. The normalized spacial score (nSPS) is 11.9. The van der Waals surface area contributed by atoms with Gasteiger partial charge in [-0.15, -0.1) is 0 Å². The van der Waals surface area contributed by atoms with Gasteiger partial charge in [-0.2, -0.15) is 0 Å². The van der Waals surface area contributed by atoms with E-state index in [-0.39, 0.29) is 31.1 Å². The van der Waals surface area contributed by atoms with Gasteiger partial charge in [0, 0.05) is 19.3 Å². The summed E-state index contributed by atoms with van der Waals surface area (Å²) in [5.74, 6) is -0.00579. The molecule has 0 bridgehead atoms. The quantitative estimate of drug-likeness (QED) is 0.0345. The third kappa shape index (κ3) is 47.3. The van der Waals surface area contributed by atoms with Crippen molar-refractivity contribution in [2.45, 2.75) is 303 Å². The molecule has 6 nitrogen and oxygen atoms in total. The van der Waals surface area contributed by atoms with Crippen LogP contribution in [0.3, 0.4) is 0 Å². The number of esters is 3. The van der Waals surface area contributed by atoms with Crippen LogP contribution < -0.4 is 0 Å². The predicted octanol–water partition coefficient (Wildman–Crippen LogP) is 17.1. The van der Waals surface area contributed by atoms with Crippen molar-refractivity contribution in [2.24, 2.45) is 5.92 Å². The molecule has 0 heterocycles. The van der Waals surface area contributed by atoms with Crippen molar-refractivity contribution in [3.8, 4) is 0 Å². The van der Waals surface area contributed by atoms with Gasteiger partial charge in [-0.05, 0) is 25.2 Å². The highest BCUT2D eigenvalue weighted by Crippen LogP contribution is 2.17. The van der Waals surface area contributed by atoms with Gasteiger partial charge in [-0.1, -0.05) is 259 Å². The summed E-state index contributed by atoms with van der Waals surface area (Å²) in [7, 11) is 0. The molecule has 0 radical (unpaired) electrons. The number of rotatable bonds is 48. The molecule has 0 aromatic rings. The van der Waals surface area contributed by atoms with Gasteiger partial charge in [0.2, 0.25) is 0 Å². The van der Waals surface area contributed by atoms with Crippen molar-refractivity contribution in [1.29, 1.82) is 0 Å². The van der Waals surface area contributed by atoms with Crippen LogP contribution in [-0.2, 0) is 28.6 Å². The van der Waals surface area contributed by atoms with E-state index in [4.69, 9.17) is 14.2 Å². The van der Waals surface area contributed by atoms with Crippen LogP contribution in [0, 0.1) is 5.92 Å². The highest BCUT2D eigenvalue weighted by Gasteiger charge is 2.19. The number of carbonyl (C=O) groups excluding carboxylic acids is 3. The second-order valence-electron chi connectivity index (χ2n) is 18.6. The van der Waals surface area contributed by atoms with Crippen molar-refractivity contribution in [2.75, 3.05) is 13.2 Å². The molecule has 0 saturated carbocycles. The second-order valence-corrected chi connectivity index (χ2v) is 18.6. The van der Waals surface area contributed by atoms with Crippen LogP contribution in [0.15, 0.2) is 0 Å². The predicted molar refractivity (Wildman–Crippen MR) is 252 cm³/mol. The maximum Gasteiger partial charge on any atom is 0.306 e. The molecule has 1 atom stereocenters. The van der Waals surface area contributed by atoms with Gasteiger partial charge in [0.05, 0.1) is 0 Å². The van der Waals surface area contributed by atoms with E-state index in [0.717, 1.165) is 70.1 Å². The van der Waals surface area contributed by atoms with E-state index in [2.05, 4.69) is 27.7 Å². The number of hydrogen-bond acceptors (Lipinski definition) is 6. The average molecular weight is 835 g/mol. The third-order valence-electron chi connectivity index (χ3n) is 12.0. The van der Waals surface area contributed by atoms with Crippen LogP contribution in [0.25, 0.3) is 0 Å². The van der Waals surface area contributed by atoms with E-state index in [9.17, 15) is 14.4 Å². The molecule has 0 aliphatic rings. The molecule has 0 fully saturated rings. The van der Waals surface area contributed by atoms with E-state index in [1.165, 1.54) is 186 Å². The summed E-state index contributed by atoms with van der Waals surface area (Å²) in [5, 5.41) is 0. The van der Waals surface area contributed by atoms with Crippen LogP contribution in [-0.4, -0.2) is 37.2 Å². The molecule has 0 aromatic heterocycles. The molecular formula is C53H102O6. The number of unbranched alkanes of at least 4 members (excludes halogenated alkanes) is 35. The molecule has 0 aromatic carbocycles. The topological polar surface area (TPSA) is 78.9 Å². The first-order valence-electron chi connectivity index (χ1n) is 26.4. The van der Waals surface area contributed by atoms with Gasteiger partial charge in [0.25, 0.3) is 0 Å². The molecule has 0 aliphatic carbocycles. The van der Waals surface area contributed by atoms with E-state index in [0.29, 0.717) is 19.3 Å². The molecule has 0 amide bonds. The Kier molecular flexibility index (Phi) is 46.2. The Hall–Kier alpha value is -1.59. The number of ether oxygens (including phenoxy) is 3. The molecule has 0 saturated heterocycles. The van der Waals surface area contributed by atoms with Gasteiger partial charge in [-0.25, -0.2) is 0 Å². The first-order valence-corrected chi connectivity index (χ1v) is 26.4. The molecule has 350 valence electrons. The maximum atomic E-state index is 12.7. The fourth-order valence-electron chi connectivity index (χ4n) is 8.04. The minimum absolute atomic E-state index is 0.0636. The van der Waals surface area contributed by atoms with Crippen molar-refractivity contribution in [1.82, 2.24) is 0 Å². The first-order chi connectivity index (χ1) is 28.9. The van der Waals surface area contributed by atoms with Crippen LogP contribution in [0.5, 0.6) is 0 Å². The van der Waals surface area contributed by atoms with Gasteiger partial charge in [0.1, 0.15) is 13.2 Å². The smallest absolute Gasteiger partial charge is 0.306 e. The Morgan fingerprint density at radius 3 is 0.831 bits per heavy atom. The molecule has 0 aliphatic heterocycles. The largest absolute Gasteiger partial charge is 0.462 e. The number of hydrogen-bond donors (Lipinski definition) is 0. The highest BCUT2D eigenvalue weighted by molar-refractivity contribution is 5.71. The first kappa shape index (κ1) is 57.4. The maximum absolute atomic E-state index is 12.7. The van der Waals surface area contributed by atoms with E-state index in [1.54, 1.807) is 0 Å². The van der Waals surface area contributed by atoms with Gasteiger partial charge in [-0.3, -0.25) is 14.4 Å². The Labute approximate surface area is 368 Å². The molecule has 6 heteroatoms. The summed E-state index contributed by atoms with van der Waals surface area (Å²) in [6.07, 6.45) is 49.8. The second kappa shape index (κ2) is 47.5. The van der Waals surface area contributed by atoms with Gasteiger partial charge >= 0.3 is 17.9 Å². The summed E-state index contributed by atoms with van der Waals surface area (Å²) >= 11 is 0. The molecule has 0 N–H and O–H groups in total. The Bertz CT molecular complexity index is 887. The fraction of sp³-hybridized carbons (Fsp3) is 0.943. The molecule has 0 unspecified atom stereocenters. The lowest BCUT2D eigenvalue weighted by Crippen LogP contribution is -2.30. The standard InChI is InChI=1S/C53H102O6/c1-5-7-9-11-12-13-14-15-16-17-21-24-27-30-33-37-41-45-52(55)58-48-50(47-57-51(54)44-40-35-10-8-6-2)59-53(56)46-42-38-34-31-28-25-22-19-18-20-23-26-29-32-36-39-43-49(3)4/h49-50H,5-48H2,1-4H3/t50-/m1/s1. The Morgan fingerprint density at radius 2 is 0.559 bits per heavy atom. The molecule has 0 spiro atoms. The zero-order valence-electron chi connectivity index (χ0n) is 40.2. The fourth-order valence-corrected chi connectivity index (χ4v) is 8.04. The summed E-state index contributed by atoms with van der Waals surface area (Å²) in [6, 6.07) is 0. The van der Waals surface area contributed by atoms with Crippen LogP contribution in [0.1, 0.15) is 297 Å². The Morgan fingerprint density at radius 1 is 0.322 bits per heavy atom.